The lowest BCUT2D eigenvalue weighted by Gasteiger charge is -2.28. The van der Waals surface area contributed by atoms with E-state index in [4.69, 9.17) is 10.5 Å². The standard InChI is InChI=1S/C15H23NO/c1-11-6-7-13(9-12(11)2)10-14(16)15-5-3-4-8-17-15/h6-7,9,14-15H,3-5,8,10,16H2,1-2H3. The smallest absolute Gasteiger partial charge is 0.0729 e. The molecule has 0 spiro atoms. The zero-order valence-corrected chi connectivity index (χ0v) is 10.9. The van der Waals surface area contributed by atoms with E-state index in [2.05, 4.69) is 32.0 Å². The summed E-state index contributed by atoms with van der Waals surface area (Å²) >= 11 is 0. The Bertz CT molecular complexity index is 369. The second kappa shape index (κ2) is 5.65. The zero-order valence-electron chi connectivity index (χ0n) is 10.9. The topological polar surface area (TPSA) is 35.2 Å². The van der Waals surface area contributed by atoms with Crippen LogP contribution in [0.2, 0.25) is 0 Å². The SMILES string of the molecule is Cc1ccc(CC(N)C2CCCCO2)cc1C. The van der Waals surface area contributed by atoms with Crippen LogP contribution in [0.25, 0.3) is 0 Å². The van der Waals surface area contributed by atoms with Gasteiger partial charge in [0, 0.05) is 12.6 Å². The first kappa shape index (κ1) is 12.6. The van der Waals surface area contributed by atoms with Gasteiger partial charge in [-0.05, 0) is 56.2 Å². The highest BCUT2D eigenvalue weighted by Gasteiger charge is 2.21. The Labute approximate surface area is 104 Å². The van der Waals surface area contributed by atoms with E-state index < -0.39 is 0 Å². The molecule has 0 radical (unpaired) electrons. The highest BCUT2D eigenvalue weighted by Crippen LogP contribution is 2.18. The van der Waals surface area contributed by atoms with Crippen LogP contribution in [0.5, 0.6) is 0 Å². The first-order valence-corrected chi connectivity index (χ1v) is 6.60. The average Bonchev–Trinajstić information content (AvgIpc) is 2.35. The van der Waals surface area contributed by atoms with E-state index in [-0.39, 0.29) is 12.1 Å². The highest BCUT2D eigenvalue weighted by atomic mass is 16.5. The van der Waals surface area contributed by atoms with Gasteiger partial charge in [0.25, 0.3) is 0 Å². The number of aryl methyl sites for hydroxylation is 2. The quantitative estimate of drug-likeness (QED) is 0.871. The summed E-state index contributed by atoms with van der Waals surface area (Å²) in [7, 11) is 0. The van der Waals surface area contributed by atoms with Crippen molar-refractivity contribution in [3.05, 3.63) is 34.9 Å². The molecule has 0 amide bonds. The molecule has 0 bridgehead atoms. The van der Waals surface area contributed by atoms with Crippen LogP contribution in [0.3, 0.4) is 0 Å². The molecule has 2 rings (SSSR count). The fourth-order valence-corrected chi connectivity index (χ4v) is 2.44. The Hall–Kier alpha value is -0.860. The van der Waals surface area contributed by atoms with E-state index in [0.717, 1.165) is 19.4 Å². The molecule has 0 aromatic heterocycles. The summed E-state index contributed by atoms with van der Waals surface area (Å²) in [6, 6.07) is 6.75. The van der Waals surface area contributed by atoms with Crippen LogP contribution in [0.15, 0.2) is 18.2 Å². The zero-order chi connectivity index (χ0) is 12.3. The Morgan fingerprint density at radius 2 is 2.12 bits per heavy atom. The van der Waals surface area contributed by atoms with Crippen molar-refractivity contribution in [2.24, 2.45) is 5.73 Å². The predicted molar refractivity (Wildman–Crippen MR) is 71.2 cm³/mol. The fourth-order valence-electron chi connectivity index (χ4n) is 2.44. The molecule has 1 fully saturated rings. The van der Waals surface area contributed by atoms with Crippen molar-refractivity contribution in [3.63, 3.8) is 0 Å². The molecule has 0 saturated carbocycles. The maximum atomic E-state index is 6.24. The van der Waals surface area contributed by atoms with Crippen molar-refractivity contribution in [2.75, 3.05) is 6.61 Å². The van der Waals surface area contributed by atoms with Crippen LogP contribution in [0, 0.1) is 13.8 Å². The summed E-state index contributed by atoms with van der Waals surface area (Å²) in [6.45, 7) is 5.18. The lowest BCUT2D eigenvalue weighted by molar-refractivity contribution is 0.000633. The molecular formula is C15H23NO. The van der Waals surface area contributed by atoms with Crippen molar-refractivity contribution in [1.82, 2.24) is 0 Å². The van der Waals surface area contributed by atoms with E-state index in [1.807, 2.05) is 0 Å². The summed E-state index contributed by atoms with van der Waals surface area (Å²) in [5.74, 6) is 0. The molecule has 2 heteroatoms. The molecule has 2 atom stereocenters. The van der Waals surface area contributed by atoms with Gasteiger partial charge in [0.15, 0.2) is 0 Å². The van der Waals surface area contributed by atoms with Crippen molar-refractivity contribution >= 4 is 0 Å². The second-order valence-electron chi connectivity index (χ2n) is 5.19. The Morgan fingerprint density at radius 3 is 2.76 bits per heavy atom. The maximum absolute atomic E-state index is 6.24. The van der Waals surface area contributed by atoms with Crippen LogP contribution >= 0.6 is 0 Å². The van der Waals surface area contributed by atoms with E-state index in [9.17, 15) is 0 Å². The number of hydrogen-bond acceptors (Lipinski definition) is 2. The number of rotatable bonds is 3. The number of nitrogens with two attached hydrogens (primary N) is 1. The van der Waals surface area contributed by atoms with Gasteiger partial charge < -0.3 is 10.5 Å². The molecule has 17 heavy (non-hydrogen) atoms. The second-order valence-corrected chi connectivity index (χ2v) is 5.19. The molecule has 1 aromatic rings. The molecule has 2 N–H and O–H groups in total. The van der Waals surface area contributed by atoms with Crippen molar-refractivity contribution in [3.8, 4) is 0 Å². The van der Waals surface area contributed by atoms with Gasteiger partial charge in [-0.15, -0.1) is 0 Å². The molecule has 1 saturated heterocycles. The third-order valence-electron chi connectivity index (χ3n) is 3.74. The van der Waals surface area contributed by atoms with Gasteiger partial charge in [-0.25, -0.2) is 0 Å². The lowest BCUT2D eigenvalue weighted by Crippen LogP contribution is -2.40. The summed E-state index contributed by atoms with van der Waals surface area (Å²) in [5.41, 5.74) is 10.3. The molecule has 1 aromatic carbocycles. The van der Waals surface area contributed by atoms with Crippen molar-refractivity contribution < 1.29 is 4.74 Å². The van der Waals surface area contributed by atoms with Crippen molar-refractivity contribution in [2.45, 2.75) is 51.7 Å². The van der Waals surface area contributed by atoms with Gasteiger partial charge in [-0.3, -0.25) is 0 Å². The third kappa shape index (κ3) is 3.30. The minimum Gasteiger partial charge on any atom is -0.377 e. The van der Waals surface area contributed by atoms with Crippen LogP contribution in [0.4, 0.5) is 0 Å². The van der Waals surface area contributed by atoms with Gasteiger partial charge in [0.2, 0.25) is 0 Å². The normalized spacial score (nSPS) is 22.4. The number of ether oxygens (including phenoxy) is 1. The Morgan fingerprint density at radius 1 is 1.29 bits per heavy atom. The molecular weight excluding hydrogens is 210 g/mol. The fraction of sp³-hybridized carbons (Fsp3) is 0.600. The molecule has 2 unspecified atom stereocenters. The van der Waals surface area contributed by atoms with E-state index in [0.29, 0.717) is 0 Å². The van der Waals surface area contributed by atoms with Crippen LogP contribution in [0.1, 0.15) is 36.0 Å². The first-order chi connectivity index (χ1) is 8.16. The summed E-state index contributed by atoms with van der Waals surface area (Å²) in [5, 5.41) is 0. The lowest BCUT2D eigenvalue weighted by atomic mass is 9.95. The van der Waals surface area contributed by atoms with Crippen molar-refractivity contribution in [1.29, 1.82) is 0 Å². The van der Waals surface area contributed by atoms with Gasteiger partial charge in [-0.1, -0.05) is 18.2 Å². The van der Waals surface area contributed by atoms with E-state index in [1.165, 1.54) is 29.5 Å². The first-order valence-electron chi connectivity index (χ1n) is 6.60. The predicted octanol–water partition coefficient (Wildman–Crippen LogP) is 2.74. The monoisotopic (exact) mass is 233 g/mol. The minimum atomic E-state index is 0.136. The number of benzene rings is 1. The highest BCUT2D eigenvalue weighted by molar-refractivity contribution is 5.30. The van der Waals surface area contributed by atoms with Gasteiger partial charge >= 0.3 is 0 Å². The molecule has 0 aliphatic carbocycles. The summed E-state index contributed by atoms with van der Waals surface area (Å²) in [4.78, 5) is 0. The summed E-state index contributed by atoms with van der Waals surface area (Å²) < 4.78 is 5.74. The molecule has 1 aliphatic rings. The maximum Gasteiger partial charge on any atom is 0.0729 e. The van der Waals surface area contributed by atoms with Gasteiger partial charge in [0.1, 0.15) is 0 Å². The third-order valence-corrected chi connectivity index (χ3v) is 3.74. The van der Waals surface area contributed by atoms with E-state index >= 15 is 0 Å². The largest absolute Gasteiger partial charge is 0.377 e. The minimum absolute atomic E-state index is 0.136. The van der Waals surface area contributed by atoms with Gasteiger partial charge in [0.05, 0.1) is 6.10 Å². The van der Waals surface area contributed by atoms with Crippen LogP contribution in [-0.2, 0) is 11.2 Å². The Kier molecular flexibility index (Phi) is 4.19. The number of hydrogen-bond donors (Lipinski definition) is 1. The molecule has 2 nitrogen and oxygen atoms in total. The molecule has 1 aliphatic heterocycles. The van der Waals surface area contributed by atoms with Crippen LogP contribution < -0.4 is 5.73 Å². The molecule has 1 heterocycles. The average molecular weight is 233 g/mol. The summed E-state index contributed by atoms with van der Waals surface area (Å²) in [6.07, 6.45) is 4.74. The Balaban J connectivity index is 1.96. The van der Waals surface area contributed by atoms with Gasteiger partial charge in [-0.2, -0.15) is 0 Å². The molecule has 94 valence electrons. The van der Waals surface area contributed by atoms with E-state index in [1.54, 1.807) is 0 Å². The van der Waals surface area contributed by atoms with Crippen LogP contribution in [-0.4, -0.2) is 18.8 Å².